The second-order valence-corrected chi connectivity index (χ2v) is 9.58. The van der Waals surface area contributed by atoms with Gasteiger partial charge in [-0.3, -0.25) is 0 Å². The normalized spacial score (nSPS) is 11.1. The quantitative estimate of drug-likeness (QED) is 0.794. The number of halogens is 1. The van der Waals surface area contributed by atoms with E-state index < -0.39 is 8.32 Å². The second-order valence-electron chi connectivity index (χ2n) is 4.36. The monoisotopic (exact) mass is 304 g/mol. The van der Waals surface area contributed by atoms with Crippen LogP contribution in [-0.2, 0) is 0 Å². The van der Waals surface area contributed by atoms with Crippen LogP contribution in [0.5, 0.6) is 17.2 Å². The van der Waals surface area contributed by atoms with E-state index in [4.69, 9.17) is 13.9 Å². The first-order chi connectivity index (χ1) is 7.37. The van der Waals surface area contributed by atoms with Crippen molar-refractivity contribution in [3.05, 3.63) is 16.6 Å². The zero-order chi connectivity index (χ0) is 12.3. The molecule has 1 aromatic carbocycles. The maximum Gasteiger partial charge on any atom is 0.242 e. The third kappa shape index (κ3) is 3.42. The molecule has 3 nitrogen and oxygen atoms in total. The van der Waals surface area contributed by atoms with Crippen LogP contribution in [-0.4, -0.2) is 22.5 Å². The first-order valence-electron chi connectivity index (χ1n) is 4.98. The van der Waals surface area contributed by atoms with Gasteiger partial charge in [0, 0.05) is 12.1 Å². The van der Waals surface area contributed by atoms with Gasteiger partial charge < -0.3 is 13.9 Å². The Labute approximate surface area is 106 Å². The van der Waals surface area contributed by atoms with Crippen LogP contribution < -0.4 is 13.9 Å². The van der Waals surface area contributed by atoms with Crippen molar-refractivity contribution < 1.29 is 13.9 Å². The van der Waals surface area contributed by atoms with Crippen LogP contribution in [0, 0.1) is 0 Å². The van der Waals surface area contributed by atoms with Gasteiger partial charge in [0.1, 0.15) is 21.7 Å². The fraction of sp³-hybridized carbons (Fsp3) is 0.455. The van der Waals surface area contributed by atoms with E-state index in [1.807, 2.05) is 12.1 Å². The largest absolute Gasteiger partial charge is 0.544 e. The summed E-state index contributed by atoms with van der Waals surface area (Å²) in [5, 5.41) is 0. The van der Waals surface area contributed by atoms with Gasteiger partial charge in [-0.15, -0.1) is 0 Å². The molecule has 0 saturated carbocycles. The molecule has 0 unspecified atom stereocenters. The molecule has 0 heterocycles. The summed E-state index contributed by atoms with van der Waals surface area (Å²) >= 11 is 3.42. The Bertz CT molecular complexity index is 349. The predicted molar refractivity (Wildman–Crippen MR) is 71.2 cm³/mol. The molecule has 0 atom stereocenters. The minimum atomic E-state index is -1.61. The SMILES string of the molecule is COc1cc(O[Si](C)(C)C)cc(OC)c1Br. The number of hydrogen-bond acceptors (Lipinski definition) is 3. The molecule has 0 bridgehead atoms. The van der Waals surface area contributed by atoms with Crippen molar-refractivity contribution in [3.8, 4) is 17.2 Å². The van der Waals surface area contributed by atoms with Crippen LogP contribution in [0.4, 0.5) is 0 Å². The molecular weight excluding hydrogens is 288 g/mol. The summed E-state index contributed by atoms with van der Waals surface area (Å²) in [7, 11) is 1.63. The zero-order valence-electron chi connectivity index (χ0n) is 10.3. The first-order valence-corrected chi connectivity index (χ1v) is 9.18. The first kappa shape index (κ1) is 13.4. The summed E-state index contributed by atoms with van der Waals surface area (Å²) in [4.78, 5) is 0. The molecule has 90 valence electrons. The van der Waals surface area contributed by atoms with Crippen molar-refractivity contribution in [2.24, 2.45) is 0 Å². The van der Waals surface area contributed by atoms with Gasteiger partial charge in [0.2, 0.25) is 8.32 Å². The highest BCUT2D eigenvalue weighted by molar-refractivity contribution is 9.10. The Morgan fingerprint density at radius 2 is 1.44 bits per heavy atom. The van der Waals surface area contributed by atoms with E-state index in [9.17, 15) is 0 Å². The van der Waals surface area contributed by atoms with Gasteiger partial charge in [-0.2, -0.15) is 0 Å². The average molecular weight is 305 g/mol. The van der Waals surface area contributed by atoms with Crippen molar-refractivity contribution >= 4 is 24.2 Å². The number of ether oxygens (including phenoxy) is 2. The van der Waals surface area contributed by atoms with E-state index in [1.165, 1.54) is 0 Å². The van der Waals surface area contributed by atoms with Crippen molar-refractivity contribution in [1.29, 1.82) is 0 Å². The van der Waals surface area contributed by atoms with E-state index in [2.05, 4.69) is 35.6 Å². The molecule has 0 saturated heterocycles. The molecule has 1 aromatic rings. The molecule has 0 aliphatic carbocycles. The summed E-state index contributed by atoms with van der Waals surface area (Å²) in [6.07, 6.45) is 0. The van der Waals surface area contributed by atoms with Crippen LogP contribution >= 0.6 is 15.9 Å². The van der Waals surface area contributed by atoms with E-state index in [0.29, 0.717) is 11.5 Å². The van der Waals surface area contributed by atoms with Gasteiger partial charge in [0.05, 0.1) is 14.2 Å². The summed E-state index contributed by atoms with van der Waals surface area (Å²) in [6, 6.07) is 3.73. The smallest absolute Gasteiger partial charge is 0.242 e. The van der Waals surface area contributed by atoms with Crippen molar-refractivity contribution in [3.63, 3.8) is 0 Å². The highest BCUT2D eigenvalue weighted by Gasteiger charge is 2.18. The maximum atomic E-state index is 5.90. The molecule has 1 rings (SSSR count). The third-order valence-electron chi connectivity index (χ3n) is 1.84. The Morgan fingerprint density at radius 1 is 1.00 bits per heavy atom. The van der Waals surface area contributed by atoms with Crippen LogP contribution in [0.15, 0.2) is 16.6 Å². The lowest BCUT2D eigenvalue weighted by Gasteiger charge is -2.20. The third-order valence-corrected chi connectivity index (χ3v) is 3.47. The van der Waals surface area contributed by atoms with Crippen LogP contribution in [0.2, 0.25) is 19.6 Å². The standard InChI is InChI=1S/C11H17BrO3Si/c1-13-9-6-8(15-16(3,4)5)7-10(14-2)11(9)12/h6-7H,1-5H3. The topological polar surface area (TPSA) is 27.7 Å². The Kier molecular flexibility index (Phi) is 4.26. The lowest BCUT2D eigenvalue weighted by molar-refractivity contribution is 0.385. The van der Waals surface area contributed by atoms with Crippen LogP contribution in [0.3, 0.4) is 0 Å². The zero-order valence-corrected chi connectivity index (χ0v) is 12.8. The molecule has 0 radical (unpaired) electrons. The van der Waals surface area contributed by atoms with Crippen molar-refractivity contribution in [2.45, 2.75) is 19.6 Å². The minimum absolute atomic E-state index is 0.715. The number of hydrogen-bond donors (Lipinski definition) is 0. The van der Waals surface area contributed by atoms with Gasteiger partial charge in [0.25, 0.3) is 0 Å². The molecule has 0 fully saturated rings. The summed E-state index contributed by atoms with van der Waals surface area (Å²) in [5.74, 6) is 2.22. The van der Waals surface area contributed by atoms with Gasteiger partial charge in [-0.05, 0) is 35.6 Å². The Hall–Kier alpha value is -0.683. The fourth-order valence-corrected chi connectivity index (χ4v) is 2.64. The number of benzene rings is 1. The average Bonchev–Trinajstić information content (AvgIpc) is 2.18. The van der Waals surface area contributed by atoms with E-state index >= 15 is 0 Å². The Balaban J connectivity index is 3.12. The lowest BCUT2D eigenvalue weighted by Crippen LogP contribution is -2.29. The number of methoxy groups -OCH3 is 2. The minimum Gasteiger partial charge on any atom is -0.544 e. The molecule has 0 N–H and O–H groups in total. The van der Waals surface area contributed by atoms with Gasteiger partial charge in [-0.25, -0.2) is 0 Å². The molecule has 0 aliphatic heterocycles. The Morgan fingerprint density at radius 3 is 1.75 bits per heavy atom. The summed E-state index contributed by atoms with van der Waals surface area (Å²) < 4.78 is 17.2. The molecule has 0 aromatic heterocycles. The van der Waals surface area contributed by atoms with Gasteiger partial charge in [-0.1, -0.05) is 0 Å². The van der Waals surface area contributed by atoms with Gasteiger partial charge >= 0.3 is 0 Å². The molecule has 16 heavy (non-hydrogen) atoms. The summed E-state index contributed by atoms with van der Waals surface area (Å²) in [5.41, 5.74) is 0. The predicted octanol–water partition coefficient (Wildman–Crippen LogP) is 3.68. The van der Waals surface area contributed by atoms with E-state index in [-0.39, 0.29) is 0 Å². The summed E-state index contributed by atoms with van der Waals surface area (Å²) in [6.45, 7) is 6.40. The molecule has 0 spiro atoms. The van der Waals surface area contributed by atoms with Gasteiger partial charge in [0.15, 0.2) is 0 Å². The van der Waals surface area contributed by atoms with E-state index in [0.717, 1.165) is 10.2 Å². The highest BCUT2D eigenvalue weighted by atomic mass is 79.9. The number of rotatable bonds is 4. The van der Waals surface area contributed by atoms with Crippen LogP contribution in [0.25, 0.3) is 0 Å². The van der Waals surface area contributed by atoms with Crippen molar-refractivity contribution in [1.82, 2.24) is 0 Å². The lowest BCUT2D eigenvalue weighted by atomic mass is 10.3. The molecule has 0 amide bonds. The second kappa shape index (κ2) is 5.10. The van der Waals surface area contributed by atoms with Crippen molar-refractivity contribution in [2.75, 3.05) is 14.2 Å². The molecular formula is C11H17BrO3Si. The van der Waals surface area contributed by atoms with E-state index in [1.54, 1.807) is 14.2 Å². The highest BCUT2D eigenvalue weighted by Crippen LogP contribution is 2.38. The fourth-order valence-electron chi connectivity index (χ4n) is 1.26. The molecule has 5 heteroatoms. The maximum absolute atomic E-state index is 5.90. The van der Waals surface area contributed by atoms with Crippen LogP contribution in [0.1, 0.15) is 0 Å². The molecule has 0 aliphatic rings.